The molecule has 0 aliphatic carbocycles. The molecule has 0 atom stereocenters. The van der Waals surface area contributed by atoms with Crippen molar-refractivity contribution in [3.63, 3.8) is 0 Å². The van der Waals surface area contributed by atoms with Gasteiger partial charge in [-0.15, -0.1) is 8.78 Å². The largest absolute Gasteiger partial charge is 0.586 e. The molecule has 0 radical (unpaired) electrons. The van der Waals surface area contributed by atoms with Crippen LogP contribution < -0.4 is 29.1 Å². The molecule has 1 saturated heterocycles. The average molecular weight is 445 g/mol. The SMILES string of the molecule is COc1c(F)cc(NS(=O)(=O)c2cccc3c2OC(F)(F)O3)cc1N1CCNCC1. The fourth-order valence-electron chi connectivity index (χ4n) is 3.35. The lowest BCUT2D eigenvalue weighted by atomic mass is 10.2. The Morgan fingerprint density at radius 3 is 2.63 bits per heavy atom. The first-order valence-corrected chi connectivity index (χ1v) is 10.4. The van der Waals surface area contributed by atoms with E-state index in [2.05, 4.69) is 19.5 Å². The highest BCUT2D eigenvalue weighted by Crippen LogP contribution is 2.45. The molecule has 0 bridgehead atoms. The zero-order valence-electron chi connectivity index (χ0n) is 15.7. The lowest BCUT2D eigenvalue weighted by Gasteiger charge is -2.31. The molecule has 12 heteroatoms. The van der Waals surface area contributed by atoms with Crippen molar-refractivity contribution in [2.75, 3.05) is 42.9 Å². The topological polar surface area (TPSA) is 89.1 Å². The Hall–Kier alpha value is -2.86. The summed E-state index contributed by atoms with van der Waals surface area (Å²) in [6.07, 6.45) is -3.98. The van der Waals surface area contributed by atoms with Crippen LogP contribution in [0.25, 0.3) is 0 Å². The molecule has 0 spiro atoms. The van der Waals surface area contributed by atoms with Gasteiger partial charge in [0.05, 0.1) is 18.5 Å². The molecule has 1 fully saturated rings. The number of hydrogen-bond acceptors (Lipinski definition) is 7. The summed E-state index contributed by atoms with van der Waals surface area (Å²) in [4.78, 5) is 1.30. The van der Waals surface area contributed by atoms with Gasteiger partial charge in [0.1, 0.15) is 4.90 Å². The van der Waals surface area contributed by atoms with E-state index in [0.717, 1.165) is 18.2 Å². The van der Waals surface area contributed by atoms with Crippen molar-refractivity contribution in [2.45, 2.75) is 11.2 Å². The molecule has 2 aromatic carbocycles. The standard InChI is InChI=1S/C18H18F3N3O5S/c1-27-16-12(19)9-11(10-13(16)24-7-5-22-6-8-24)23-30(25,26)15-4-2-3-14-17(15)29-18(20,21)28-14/h2-4,9-10,22-23H,5-8H2,1H3. The maximum Gasteiger partial charge on any atom is 0.586 e. The number of benzene rings is 2. The third kappa shape index (κ3) is 3.79. The predicted octanol–water partition coefficient (Wildman–Crippen LogP) is 2.37. The van der Waals surface area contributed by atoms with Crippen molar-refractivity contribution in [1.82, 2.24) is 5.32 Å². The van der Waals surface area contributed by atoms with E-state index < -0.39 is 38.5 Å². The smallest absolute Gasteiger partial charge is 0.492 e. The monoisotopic (exact) mass is 445 g/mol. The van der Waals surface area contributed by atoms with E-state index in [1.54, 1.807) is 0 Å². The lowest BCUT2D eigenvalue weighted by Crippen LogP contribution is -2.43. The van der Waals surface area contributed by atoms with Crippen LogP contribution in [-0.2, 0) is 10.0 Å². The number of para-hydroxylation sites is 1. The summed E-state index contributed by atoms with van der Waals surface area (Å²) in [6, 6.07) is 5.86. The summed E-state index contributed by atoms with van der Waals surface area (Å²) in [5.74, 6) is -1.82. The molecule has 0 saturated carbocycles. The minimum Gasteiger partial charge on any atom is -0.492 e. The van der Waals surface area contributed by atoms with Crippen LogP contribution in [0.4, 0.5) is 24.5 Å². The van der Waals surface area contributed by atoms with E-state index in [0.29, 0.717) is 31.9 Å². The number of ether oxygens (including phenoxy) is 3. The van der Waals surface area contributed by atoms with Crippen molar-refractivity contribution in [2.24, 2.45) is 0 Å². The van der Waals surface area contributed by atoms with Gasteiger partial charge in [0.15, 0.2) is 23.1 Å². The van der Waals surface area contributed by atoms with E-state index in [1.165, 1.54) is 19.2 Å². The number of nitrogens with zero attached hydrogens (tertiary/aromatic N) is 1. The van der Waals surface area contributed by atoms with Gasteiger partial charge in [-0.1, -0.05) is 6.07 Å². The summed E-state index contributed by atoms with van der Waals surface area (Å²) < 4.78 is 83.1. The molecule has 0 unspecified atom stereocenters. The van der Waals surface area contributed by atoms with Gasteiger partial charge < -0.3 is 24.4 Å². The molecule has 4 rings (SSSR count). The van der Waals surface area contributed by atoms with Crippen molar-refractivity contribution >= 4 is 21.4 Å². The zero-order valence-corrected chi connectivity index (χ0v) is 16.6. The fourth-order valence-corrected chi connectivity index (χ4v) is 4.53. The number of sulfonamides is 1. The van der Waals surface area contributed by atoms with Crippen LogP contribution in [0.1, 0.15) is 0 Å². The normalized spacial score (nSPS) is 17.7. The second kappa shape index (κ2) is 7.43. The quantitative estimate of drug-likeness (QED) is 0.731. The highest BCUT2D eigenvalue weighted by atomic mass is 32.2. The highest BCUT2D eigenvalue weighted by Gasteiger charge is 2.46. The Morgan fingerprint density at radius 2 is 1.93 bits per heavy atom. The first kappa shape index (κ1) is 20.4. The van der Waals surface area contributed by atoms with Crippen LogP contribution in [0.15, 0.2) is 35.2 Å². The minimum absolute atomic E-state index is 0.0168. The van der Waals surface area contributed by atoms with Crippen molar-refractivity contribution in [1.29, 1.82) is 0 Å². The maximum absolute atomic E-state index is 14.6. The van der Waals surface area contributed by atoms with Gasteiger partial charge in [0.2, 0.25) is 0 Å². The predicted molar refractivity (Wildman–Crippen MR) is 101 cm³/mol. The molecule has 2 aliphatic rings. The molecule has 2 aromatic rings. The molecule has 8 nitrogen and oxygen atoms in total. The number of nitrogens with one attached hydrogen (secondary N) is 2. The van der Waals surface area contributed by atoms with Gasteiger partial charge in [-0.3, -0.25) is 4.72 Å². The molecule has 2 aliphatic heterocycles. The zero-order chi connectivity index (χ0) is 21.5. The minimum atomic E-state index is -4.40. The lowest BCUT2D eigenvalue weighted by molar-refractivity contribution is -0.287. The molecule has 162 valence electrons. The molecular weight excluding hydrogens is 427 g/mol. The number of hydrogen-bond donors (Lipinski definition) is 2. The molecule has 2 N–H and O–H groups in total. The number of piperazine rings is 1. The van der Waals surface area contributed by atoms with Crippen molar-refractivity contribution < 1.29 is 35.8 Å². The van der Waals surface area contributed by atoms with Crippen molar-refractivity contribution in [3.05, 3.63) is 36.1 Å². The van der Waals surface area contributed by atoms with Crippen LogP contribution in [-0.4, -0.2) is 48.0 Å². The van der Waals surface area contributed by atoms with Gasteiger partial charge in [-0.05, 0) is 18.2 Å². The van der Waals surface area contributed by atoms with E-state index in [1.807, 2.05) is 4.90 Å². The maximum atomic E-state index is 14.6. The first-order valence-electron chi connectivity index (χ1n) is 8.95. The highest BCUT2D eigenvalue weighted by molar-refractivity contribution is 7.92. The van der Waals surface area contributed by atoms with Gasteiger partial charge in [0, 0.05) is 32.2 Å². The second-order valence-corrected chi connectivity index (χ2v) is 8.25. The van der Waals surface area contributed by atoms with Gasteiger partial charge in [-0.25, -0.2) is 12.8 Å². The average Bonchev–Trinajstić information content (AvgIpc) is 3.01. The van der Waals surface area contributed by atoms with Crippen LogP contribution in [0.3, 0.4) is 0 Å². The number of halogens is 3. The summed E-state index contributed by atoms with van der Waals surface area (Å²) in [5.41, 5.74) is 0.284. The van der Waals surface area contributed by atoms with Crippen LogP contribution >= 0.6 is 0 Å². The fraction of sp³-hybridized carbons (Fsp3) is 0.333. The summed E-state index contributed by atoms with van der Waals surface area (Å²) >= 11 is 0. The molecule has 30 heavy (non-hydrogen) atoms. The number of methoxy groups -OCH3 is 1. The summed E-state index contributed by atoms with van der Waals surface area (Å²) in [6.45, 7) is 2.47. The van der Waals surface area contributed by atoms with Gasteiger partial charge in [0.25, 0.3) is 10.0 Å². The number of alkyl halides is 2. The van der Waals surface area contributed by atoms with E-state index >= 15 is 0 Å². The van der Waals surface area contributed by atoms with Crippen molar-refractivity contribution in [3.8, 4) is 17.2 Å². The van der Waals surface area contributed by atoms with E-state index in [-0.39, 0.29) is 11.4 Å². The molecule has 0 amide bonds. The van der Waals surface area contributed by atoms with Crippen LogP contribution in [0.5, 0.6) is 17.2 Å². The van der Waals surface area contributed by atoms with E-state index in [9.17, 15) is 21.6 Å². The molecule has 2 heterocycles. The summed E-state index contributed by atoms with van der Waals surface area (Å²) in [5, 5.41) is 3.17. The van der Waals surface area contributed by atoms with Gasteiger partial charge in [-0.2, -0.15) is 0 Å². The second-order valence-electron chi connectivity index (χ2n) is 6.60. The number of rotatable bonds is 5. The Kier molecular flexibility index (Phi) is 5.06. The Morgan fingerprint density at radius 1 is 1.20 bits per heavy atom. The Balaban J connectivity index is 1.70. The third-order valence-electron chi connectivity index (χ3n) is 4.62. The number of fused-ring (bicyclic) bond motifs is 1. The Labute approximate surface area is 170 Å². The van der Waals surface area contributed by atoms with Crippen LogP contribution in [0.2, 0.25) is 0 Å². The van der Waals surface area contributed by atoms with E-state index in [4.69, 9.17) is 4.74 Å². The van der Waals surface area contributed by atoms with Gasteiger partial charge >= 0.3 is 6.29 Å². The Bertz CT molecular complexity index is 1070. The molecule has 0 aromatic heterocycles. The first-order chi connectivity index (χ1) is 14.2. The summed E-state index contributed by atoms with van der Waals surface area (Å²) in [7, 11) is -3.08. The van der Waals surface area contributed by atoms with Crippen LogP contribution in [0, 0.1) is 5.82 Å². The molecular formula is C18H18F3N3O5S. The number of anilines is 2. The third-order valence-corrected chi connectivity index (χ3v) is 6.02.